The van der Waals surface area contributed by atoms with Gasteiger partial charge in [-0.15, -0.1) is 0 Å². The van der Waals surface area contributed by atoms with Crippen molar-refractivity contribution < 1.29 is 46.2 Å². The van der Waals surface area contributed by atoms with Crippen molar-refractivity contribution in [3.63, 3.8) is 0 Å². The van der Waals surface area contributed by atoms with Crippen molar-refractivity contribution in [3.8, 4) is 0 Å². The first kappa shape index (κ1) is 22.0. The first-order valence-electron chi connectivity index (χ1n) is 5.66. The van der Waals surface area contributed by atoms with Crippen LogP contribution in [0, 0.1) is 0 Å². The first-order chi connectivity index (χ1) is 9.27. The summed E-state index contributed by atoms with van der Waals surface area (Å²) in [6.45, 7) is -0.567. The Bertz CT molecular complexity index is 395. The van der Waals surface area contributed by atoms with Gasteiger partial charge in [0.1, 0.15) is 18.6 Å². The molecule has 0 aliphatic rings. The summed E-state index contributed by atoms with van der Waals surface area (Å²) in [5.74, 6) is -3.70. The van der Waals surface area contributed by atoms with Crippen LogP contribution in [-0.4, -0.2) is 58.3 Å². The van der Waals surface area contributed by atoms with Crippen LogP contribution in [0.5, 0.6) is 0 Å². The second-order valence-corrected chi connectivity index (χ2v) is 4.26. The predicted molar refractivity (Wildman–Crippen MR) is 71.3 cm³/mol. The first-order valence-corrected chi connectivity index (χ1v) is 6.29. The van der Waals surface area contributed by atoms with Gasteiger partial charge in [-0.05, 0) is 6.42 Å². The SMILES string of the molecule is N[C@@H](CCC(=O)N[C@@H](CS)C(=O)NCC(=O)O)C(=O)O.[Co]. The summed E-state index contributed by atoms with van der Waals surface area (Å²) in [5.41, 5.74) is 5.23. The zero-order valence-electron chi connectivity index (χ0n) is 10.9. The summed E-state index contributed by atoms with van der Waals surface area (Å²) in [6.07, 6.45) is -0.235. The normalized spacial score (nSPS) is 12.5. The number of nitrogens with one attached hydrogen (secondary N) is 2. The molecule has 0 aliphatic heterocycles. The molecule has 6 N–H and O–H groups in total. The number of nitrogens with two attached hydrogens (primary N) is 1. The molecule has 21 heavy (non-hydrogen) atoms. The number of amides is 2. The van der Waals surface area contributed by atoms with Crippen molar-refractivity contribution >= 4 is 36.4 Å². The number of aliphatic carboxylic acids is 2. The number of carboxylic acids is 2. The summed E-state index contributed by atoms with van der Waals surface area (Å²) >= 11 is 3.87. The summed E-state index contributed by atoms with van der Waals surface area (Å²) < 4.78 is 0. The fourth-order valence-electron chi connectivity index (χ4n) is 1.16. The largest absolute Gasteiger partial charge is 0.480 e. The minimum atomic E-state index is -1.22. The van der Waals surface area contributed by atoms with Gasteiger partial charge in [0.2, 0.25) is 11.8 Å². The van der Waals surface area contributed by atoms with Crippen LogP contribution in [0.1, 0.15) is 12.8 Å². The predicted octanol–water partition coefficient (Wildman–Crippen LogP) is -2.21. The molecule has 0 unspecified atom stereocenters. The molecule has 0 fully saturated rings. The second-order valence-electron chi connectivity index (χ2n) is 3.90. The molecule has 1 radical (unpaired) electrons. The van der Waals surface area contributed by atoms with Crippen molar-refractivity contribution in [3.05, 3.63) is 0 Å². The number of thiol groups is 1. The molecule has 0 aromatic carbocycles. The zero-order valence-corrected chi connectivity index (χ0v) is 12.8. The zero-order chi connectivity index (χ0) is 15.7. The molecule has 11 heteroatoms. The van der Waals surface area contributed by atoms with E-state index in [1.165, 1.54) is 0 Å². The maximum Gasteiger partial charge on any atom is 0.322 e. The molecule has 2 atom stereocenters. The van der Waals surface area contributed by atoms with Gasteiger partial charge in [0.05, 0.1) is 0 Å². The summed E-state index contributed by atoms with van der Waals surface area (Å²) in [7, 11) is 0. The summed E-state index contributed by atoms with van der Waals surface area (Å²) in [6, 6.07) is -2.15. The van der Waals surface area contributed by atoms with E-state index in [2.05, 4.69) is 23.3 Å². The van der Waals surface area contributed by atoms with E-state index in [0.29, 0.717) is 0 Å². The van der Waals surface area contributed by atoms with E-state index in [9.17, 15) is 19.2 Å². The Hall–Kier alpha value is -1.30. The number of hydrogen-bond donors (Lipinski definition) is 6. The molecule has 0 aromatic heterocycles. The van der Waals surface area contributed by atoms with Crippen LogP contribution < -0.4 is 16.4 Å². The van der Waals surface area contributed by atoms with Crippen LogP contribution in [0.25, 0.3) is 0 Å². The van der Waals surface area contributed by atoms with Crippen LogP contribution in [-0.2, 0) is 36.0 Å². The van der Waals surface area contributed by atoms with E-state index in [1.807, 2.05) is 0 Å². The maximum absolute atomic E-state index is 11.5. The standard InChI is InChI=1S/C10H17N3O6S.Co/c11-5(10(18)19)1-2-7(14)13-6(4-20)9(17)12-3-8(15)16;/h5-6,20H,1-4,11H2,(H,12,17)(H,13,14)(H,15,16)(H,18,19);/t5-,6-;/m0./s1. The van der Waals surface area contributed by atoms with Crippen molar-refractivity contribution in [1.29, 1.82) is 0 Å². The van der Waals surface area contributed by atoms with Crippen LogP contribution >= 0.6 is 12.6 Å². The Balaban J connectivity index is 0. The van der Waals surface area contributed by atoms with E-state index < -0.39 is 42.4 Å². The van der Waals surface area contributed by atoms with Gasteiger partial charge in [-0.3, -0.25) is 19.2 Å². The molecule has 0 spiro atoms. The summed E-state index contributed by atoms with van der Waals surface area (Å²) in [4.78, 5) is 43.7. The number of rotatable bonds is 9. The molecular formula is C10H17CoN3O6S. The van der Waals surface area contributed by atoms with Gasteiger partial charge in [-0.1, -0.05) is 0 Å². The Labute approximate surface area is 136 Å². The van der Waals surface area contributed by atoms with Gasteiger partial charge in [0.15, 0.2) is 0 Å². The Morgan fingerprint density at radius 2 is 1.76 bits per heavy atom. The maximum atomic E-state index is 11.5. The fourth-order valence-corrected chi connectivity index (χ4v) is 1.41. The van der Waals surface area contributed by atoms with Crippen LogP contribution in [0.2, 0.25) is 0 Å². The second kappa shape index (κ2) is 11.4. The Morgan fingerprint density at radius 1 is 1.19 bits per heavy atom. The molecule has 0 rings (SSSR count). The van der Waals surface area contributed by atoms with E-state index in [4.69, 9.17) is 15.9 Å². The van der Waals surface area contributed by atoms with Crippen LogP contribution in [0.3, 0.4) is 0 Å². The van der Waals surface area contributed by atoms with Crippen LogP contribution in [0.4, 0.5) is 0 Å². The molecule has 0 aromatic rings. The van der Waals surface area contributed by atoms with Crippen molar-refractivity contribution in [2.45, 2.75) is 24.9 Å². The van der Waals surface area contributed by atoms with E-state index in [0.717, 1.165) is 0 Å². The molecular weight excluding hydrogens is 349 g/mol. The van der Waals surface area contributed by atoms with Gasteiger partial charge in [0, 0.05) is 29.0 Å². The fraction of sp³-hybridized carbons (Fsp3) is 0.600. The van der Waals surface area contributed by atoms with Gasteiger partial charge in [0.25, 0.3) is 0 Å². The molecule has 2 amide bonds. The molecule has 0 bridgehead atoms. The monoisotopic (exact) mass is 366 g/mol. The Kier molecular flexibility index (Phi) is 11.9. The van der Waals surface area contributed by atoms with Gasteiger partial charge in [-0.2, -0.15) is 12.6 Å². The number of carbonyl (C=O) groups excluding carboxylic acids is 2. The third kappa shape index (κ3) is 10.1. The minimum Gasteiger partial charge on any atom is -0.480 e. The van der Waals surface area contributed by atoms with E-state index in [1.54, 1.807) is 0 Å². The average Bonchev–Trinajstić information content (AvgIpc) is 2.38. The third-order valence-electron chi connectivity index (χ3n) is 2.25. The molecule has 9 nitrogen and oxygen atoms in total. The number of hydrogen-bond acceptors (Lipinski definition) is 6. The topological polar surface area (TPSA) is 159 Å². The van der Waals surface area contributed by atoms with Gasteiger partial charge in [-0.25, -0.2) is 0 Å². The summed E-state index contributed by atoms with van der Waals surface area (Å²) in [5, 5.41) is 21.4. The molecule has 0 aliphatic carbocycles. The Morgan fingerprint density at radius 3 is 2.19 bits per heavy atom. The van der Waals surface area contributed by atoms with Crippen molar-refractivity contribution in [1.82, 2.24) is 10.6 Å². The smallest absolute Gasteiger partial charge is 0.322 e. The van der Waals surface area contributed by atoms with E-state index >= 15 is 0 Å². The van der Waals surface area contributed by atoms with Crippen molar-refractivity contribution in [2.24, 2.45) is 5.73 Å². The number of carboxylic acid groups (broad SMARTS) is 2. The van der Waals surface area contributed by atoms with E-state index in [-0.39, 0.29) is 35.4 Å². The quantitative estimate of drug-likeness (QED) is 0.252. The average molecular weight is 366 g/mol. The molecule has 123 valence electrons. The third-order valence-corrected chi connectivity index (χ3v) is 2.61. The molecule has 0 saturated heterocycles. The van der Waals surface area contributed by atoms with Crippen molar-refractivity contribution in [2.75, 3.05) is 12.3 Å². The van der Waals surface area contributed by atoms with Crippen LogP contribution in [0.15, 0.2) is 0 Å². The van der Waals surface area contributed by atoms with Gasteiger partial charge < -0.3 is 26.6 Å². The van der Waals surface area contributed by atoms with Gasteiger partial charge >= 0.3 is 11.9 Å². The molecule has 0 heterocycles. The minimum absolute atomic E-state index is 0. The number of carbonyl (C=O) groups is 4. The molecule has 0 saturated carbocycles.